The lowest BCUT2D eigenvalue weighted by Crippen LogP contribution is -2.10. The van der Waals surface area contributed by atoms with Crippen molar-refractivity contribution >= 4 is 56.8 Å². The number of thioether (sulfide) groups is 1. The summed E-state index contributed by atoms with van der Waals surface area (Å²) in [4.78, 5) is 4.54. The quantitative estimate of drug-likeness (QED) is 0.739. The van der Waals surface area contributed by atoms with E-state index in [1.165, 1.54) is 6.42 Å². The second-order valence-corrected chi connectivity index (χ2v) is 7.71. The highest BCUT2D eigenvalue weighted by Gasteiger charge is 2.20. The Hall–Kier alpha value is 0.0600. The molecule has 1 aromatic rings. The molecule has 1 heterocycles. The van der Waals surface area contributed by atoms with Gasteiger partial charge in [0.2, 0.25) is 0 Å². The molecule has 0 fully saturated rings. The summed E-state index contributed by atoms with van der Waals surface area (Å²) in [5.74, 6) is 0.721. The molecular formula is C13H16ClIN2S. The van der Waals surface area contributed by atoms with E-state index < -0.39 is 0 Å². The summed E-state index contributed by atoms with van der Waals surface area (Å²) in [5, 5.41) is 5.66. The predicted octanol–water partition coefficient (Wildman–Crippen LogP) is 4.87. The van der Waals surface area contributed by atoms with Gasteiger partial charge >= 0.3 is 0 Å². The lowest BCUT2D eigenvalue weighted by atomic mass is 10.1. The maximum atomic E-state index is 6.20. The molecule has 0 saturated carbocycles. The Morgan fingerprint density at radius 2 is 2.33 bits per heavy atom. The third kappa shape index (κ3) is 4.03. The van der Waals surface area contributed by atoms with Gasteiger partial charge in [0.15, 0.2) is 5.17 Å². The minimum atomic E-state index is 0.607. The van der Waals surface area contributed by atoms with Crippen LogP contribution in [-0.2, 0) is 0 Å². The normalized spacial score (nSPS) is 19.2. The van der Waals surface area contributed by atoms with Crippen molar-refractivity contribution < 1.29 is 0 Å². The lowest BCUT2D eigenvalue weighted by molar-refractivity contribution is 0.575. The van der Waals surface area contributed by atoms with Gasteiger partial charge in [-0.2, -0.15) is 0 Å². The van der Waals surface area contributed by atoms with E-state index >= 15 is 0 Å². The van der Waals surface area contributed by atoms with E-state index in [9.17, 15) is 0 Å². The average molecular weight is 395 g/mol. The summed E-state index contributed by atoms with van der Waals surface area (Å²) < 4.78 is 1.14. The van der Waals surface area contributed by atoms with Crippen LogP contribution in [0.4, 0.5) is 5.69 Å². The van der Waals surface area contributed by atoms with E-state index in [1.54, 1.807) is 0 Å². The Morgan fingerprint density at radius 1 is 1.56 bits per heavy atom. The van der Waals surface area contributed by atoms with Gasteiger partial charge < -0.3 is 5.32 Å². The van der Waals surface area contributed by atoms with Gasteiger partial charge in [-0.1, -0.05) is 37.2 Å². The molecule has 0 spiro atoms. The molecule has 2 nitrogen and oxygen atoms in total. The predicted molar refractivity (Wildman–Crippen MR) is 90.9 cm³/mol. The standard InChI is InChI=1S/C13H16ClIN2S/c1-8(2)5-10-7-16-13(18-10)17-12-4-3-9(15)6-11(12)14/h3-4,6,8,10H,5,7H2,1-2H3,(H,16,17). The molecule has 18 heavy (non-hydrogen) atoms. The first-order valence-electron chi connectivity index (χ1n) is 5.98. The summed E-state index contributed by atoms with van der Waals surface area (Å²) in [6.07, 6.45) is 1.21. The van der Waals surface area contributed by atoms with Crippen molar-refractivity contribution in [3.05, 3.63) is 26.8 Å². The molecule has 0 radical (unpaired) electrons. The van der Waals surface area contributed by atoms with Gasteiger partial charge in [-0.3, -0.25) is 4.99 Å². The van der Waals surface area contributed by atoms with Crippen molar-refractivity contribution in [2.24, 2.45) is 10.9 Å². The van der Waals surface area contributed by atoms with Gasteiger partial charge in [-0.15, -0.1) is 0 Å². The highest BCUT2D eigenvalue weighted by atomic mass is 127. The molecule has 1 aliphatic rings. The topological polar surface area (TPSA) is 24.4 Å². The molecule has 1 atom stereocenters. The highest BCUT2D eigenvalue weighted by Crippen LogP contribution is 2.30. The van der Waals surface area contributed by atoms with Crippen LogP contribution < -0.4 is 5.32 Å². The Balaban J connectivity index is 1.95. The van der Waals surface area contributed by atoms with Crippen LogP contribution in [0.15, 0.2) is 23.2 Å². The summed E-state index contributed by atoms with van der Waals surface area (Å²) in [6, 6.07) is 6.00. The minimum Gasteiger partial charge on any atom is -0.334 e. The van der Waals surface area contributed by atoms with Gasteiger partial charge in [0.1, 0.15) is 0 Å². The molecule has 0 bridgehead atoms. The third-order valence-electron chi connectivity index (χ3n) is 2.62. The maximum Gasteiger partial charge on any atom is 0.161 e. The van der Waals surface area contributed by atoms with Crippen molar-refractivity contribution in [1.82, 2.24) is 0 Å². The van der Waals surface area contributed by atoms with E-state index in [0.29, 0.717) is 5.25 Å². The number of benzene rings is 1. The number of nitrogens with one attached hydrogen (secondary N) is 1. The summed E-state index contributed by atoms with van der Waals surface area (Å²) in [6.45, 7) is 5.41. The number of rotatable bonds is 3. The number of nitrogens with zero attached hydrogens (tertiary/aromatic N) is 1. The Kier molecular flexibility index (Phi) is 5.21. The number of aliphatic imine (C=N–C) groups is 1. The van der Waals surface area contributed by atoms with Crippen molar-refractivity contribution in [3.63, 3.8) is 0 Å². The van der Waals surface area contributed by atoms with Gasteiger partial charge in [0.25, 0.3) is 0 Å². The van der Waals surface area contributed by atoms with Crippen LogP contribution >= 0.6 is 46.0 Å². The third-order valence-corrected chi connectivity index (χ3v) is 4.74. The molecule has 1 unspecified atom stereocenters. The number of hydrogen-bond acceptors (Lipinski definition) is 3. The molecule has 5 heteroatoms. The van der Waals surface area contributed by atoms with Crippen LogP contribution in [0, 0.1) is 9.49 Å². The van der Waals surface area contributed by atoms with Gasteiger partial charge in [0.05, 0.1) is 17.3 Å². The Labute approximate surface area is 131 Å². The number of halogens is 2. The second kappa shape index (κ2) is 6.48. The minimum absolute atomic E-state index is 0.607. The first-order valence-corrected chi connectivity index (χ1v) is 8.31. The van der Waals surface area contributed by atoms with Crippen LogP contribution in [0.1, 0.15) is 20.3 Å². The summed E-state index contributed by atoms with van der Waals surface area (Å²) in [7, 11) is 0. The summed E-state index contributed by atoms with van der Waals surface area (Å²) >= 11 is 10.3. The van der Waals surface area contributed by atoms with Crippen LogP contribution in [0.25, 0.3) is 0 Å². The van der Waals surface area contributed by atoms with Crippen molar-refractivity contribution in [1.29, 1.82) is 0 Å². The van der Waals surface area contributed by atoms with Crippen LogP contribution in [0.2, 0.25) is 5.02 Å². The number of hydrogen-bond donors (Lipinski definition) is 1. The second-order valence-electron chi connectivity index (χ2n) is 4.76. The largest absolute Gasteiger partial charge is 0.334 e. The maximum absolute atomic E-state index is 6.20. The number of amidine groups is 1. The van der Waals surface area contributed by atoms with E-state index in [0.717, 1.165) is 31.9 Å². The van der Waals surface area contributed by atoms with E-state index in [1.807, 2.05) is 30.0 Å². The van der Waals surface area contributed by atoms with Crippen LogP contribution in [-0.4, -0.2) is 17.0 Å². The van der Waals surface area contributed by atoms with Crippen molar-refractivity contribution in [2.75, 3.05) is 11.9 Å². The highest BCUT2D eigenvalue weighted by molar-refractivity contribution is 14.1. The van der Waals surface area contributed by atoms with Crippen LogP contribution in [0.5, 0.6) is 0 Å². The Morgan fingerprint density at radius 3 is 3.00 bits per heavy atom. The fourth-order valence-electron chi connectivity index (χ4n) is 1.84. The molecule has 98 valence electrons. The van der Waals surface area contributed by atoms with Crippen molar-refractivity contribution in [2.45, 2.75) is 25.5 Å². The molecule has 0 aliphatic carbocycles. The fraction of sp³-hybridized carbons (Fsp3) is 0.462. The molecule has 0 saturated heterocycles. The van der Waals surface area contributed by atoms with Crippen LogP contribution in [0.3, 0.4) is 0 Å². The monoisotopic (exact) mass is 394 g/mol. The van der Waals surface area contributed by atoms with Gasteiger partial charge in [-0.25, -0.2) is 0 Å². The molecule has 1 aromatic carbocycles. The average Bonchev–Trinajstić information content (AvgIpc) is 2.69. The fourth-order valence-corrected chi connectivity index (χ4v) is 4.01. The van der Waals surface area contributed by atoms with Gasteiger partial charge in [0, 0.05) is 8.82 Å². The smallest absolute Gasteiger partial charge is 0.161 e. The molecular weight excluding hydrogens is 379 g/mol. The number of anilines is 1. The zero-order valence-electron chi connectivity index (χ0n) is 10.4. The van der Waals surface area contributed by atoms with E-state index in [4.69, 9.17) is 11.6 Å². The first kappa shape index (κ1) is 14.5. The van der Waals surface area contributed by atoms with Gasteiger partial charge in [-0.05, 0) is 53.1 Å². The lowest BCUT2D eigenvalue weighted by Gasteiger charge is -2.12. The molecule has 0 aromatic heterocycles. The zero-order valence-corrected chi connectivity index (χ0v) is 14.1. The van der Waals surface area contributed by atoms with E-state index in [2.05, 4.69) is 46.7 Å². The molecule has 2 rings (SSSR count). The SMILES string of the molecule is CC(C)CC1CN=C(Nc2ccc(I)cc2Cl)S1. The molecule has 1 N–H and O–H groups in total. The zero-order chi connectivity index (χ0) is 13.1. The Bertz CT molecular complexity index is 462. The van der Waals surface area contributed by atoms with Crippen molar-refractivity contribution in [3.8, 4) is 0 Å². The molecule has 0 amide bonds. The van der Waals surface area contributed by atoms with E-state index in [-0.39, 0.29) is 0 Å². The summed E-state index contributed by atoms with van der Waals surface area (Å²) in [5.41, 5.74) is 0.938. The molecule has 1 aliphatic heterocycles. The first-order chi connectivity index (χ1) is 8.54.